The number of hydrogen-bond acceptors (Lipinski definition) is 2. The van der Waals surface area contributed by atoms with E-state index in [1.165, 1.54) is 5.56 Å². The van der Waals surface area contributed by atoms with Crippen molar-refractivity contribution < 1.29 is 4.74 Å². The number of hydrogen-bond donors (Lipinski definition) is 0. The third-order valence-electron chi connectivity index (χ3n) is 2.77. The van der Waals surface area contributed by atoms with Gasteiger partial charge in [-0.3, -0.25) is 4.90 Å². The lowest BCUT2D eigenvalue weighted by Gasteiger charge is -2.32. The maximum atomic E-state index is 5.75. The lowest BCUT2D eigenvalue weighted by molar-refractivity contribution is -0.0281. The largest absolute Gasteiger partial charge is 0.371 e. The fraction of sp³-hybridized carbons (Fsp3) is 0.500. The molecule has 1 aliphatic rings. The van der Waals surface area contributed by atoms with Crippen LogP contribution in [0.1, 0.15) is 18.6 Å². The molecular formula is C12H17NO. The number of morpholine rings is 1. The summed E-state index contributed by atoms with van der Waals surface area (Å²) >= 11 is 0. The van der Waals surface area contributed by atoms with Crippen molar-refractivity contribution in [1.82, 2.24) is 4.90 Å². The van der Waals surface area contributed by atoms with Gasteiger partial charge in [-0.1, -0.05) is 37.3 Å². The molecule has 1 fully saturated rings. The Morgan fingerprint density at radius 2 is 2.14 bits per heavy atom. The highest BCUT2D eigenvalue weighted by Crippen LogP contribution is 2.21. The van der Waals surface area contributed by atoms with E-state index in [9.17, 15) is 0 Å². The minimum Gasteiger partial charge on any atom is -0.371 e. The number of benzene rings is 1. The van der Waals surface area contributed by atoms with Gasteiger partial charge >= 0.3 is 0 Å². The van der Waals surface area contributed by atoms with Gasteiger partial charge in [-0.15, -0.1) is 0 Å². The SMILES string of the molecule is CCN1CCO[C@@H](c2ccccc2)C1. The summed E-state index contributed by atoms with van der Waals surface area (Å²) < 4.78 is 5.75. The molecule has 1 heterocycles. The Bertz CT molecular complexity index is 273. The van der Waals surface area contributed by atoms with Crippen LogP contribution in [0.3, 0.4) is 0 Å². The Morgan fingerprint density at radius 3 is 2.86 bits per heavy atom. The lowest BCUT2D eigenvalue weighted by Crippen LogP contribution is -2.37. The van der Waals surface area contributed by atoms with Crippen LogP contribution in [0, 0.1) is 0 Å². The van der Waals surface area contributed by atoms with Gasteiger partial charge in [0.05, 0.1) is 12.7 Å². The minimum atomic E-state index is 0.268. The van der Waals surface area contributed by atoms with Crippen molar-refractivity contribution in [2.75, 3.05) is 26.2 Å². The quantitative estimate of drug-likeness (QED) is 0.709. The predicted octanol–water partition coefficient (Wildman–Crippen LogP) is 2.08. The van der Waals surface area contributed by atoms with Crippen LogP contribution in [0.15, 0.2) is 30.3 Å². The van der Waals surface area contributed by atoms with Crippen molar-refractivity contribution in [2.45, 2.75) is 13.0 Å². The van der Waals surface area contributed by atoms with Gasteiger partial charge in [0.2, 0.25) is 0 Å². The number of ether oxygens (including phenoxy) is 1. The van der Waals surface area contributed by atoms with Crippen LogP contribution < -0.4 is 0 Å². The Morgan fingerprint density at radius 1 is 1.36 bits per heavy atom. The van der Waals surface area contributed by atoms with Gasteiger partial charge in [-0.25, -0.2) is 0 Å². The number of nitrogens with zero attached hydrogens (tertiary/aromatic N) is 1. The molecule has 1 aromatic rings. The highest BCUT2D eigenvalue weighted by molar-refractivity contribution is 5.18. The van der Waals surface area contributed by atoms with E-state index in [1.54, 1.807) is 0 Å². The molecule has 0 N–H and O–H groups in total. The topological polar surface area (TPSA) is 12.5 Å². The van der Waals surface area contributed by atoms with Gasteiger partial charge in [0, 0.05) is 13.1 Å². The maximum Gasteiger partial charge on any atom is 0.0952 e. The van der Waals surface area contributed by atoms with Crippen LogP contribution >= 0.6 is 0 Å². The maximum absolute atomic E-state index is 5.75. The molecule has 2 heteroatoms. The molecule has 1 saturated heterocycles. The average Bonchev–Trinajstić information content (AvgIpc) is 2.30. The molecule has 0 spiro atoms. The fourth-order valence-corrected chi connectivity index (χ4v) is 1.86. The molecular weight excluding hydrogens is 174 g/mol. The van der Waals surface area contributed by atoms with Crippen LogP contribution in [0.4, 0.5) is 0 Å². The molecule has 14 heavy (non-hydrogen) atoms. The summed E-state index contributed by atoms with van der Waals surface area (Å²) in [5, 5.41) is 0. The first-order valence-corrected chi connectivity index (χ1v) is 5.29. The summed E-state index contributed by atoms with van der Waals surface area (Å²) in [5.41, 5.74) is 1.30. The molecule has 1 aromatic carbocycles. The molecule has 0 saturated carbocycles. The monoisotopic (exact) mass is 191 g/mol. The molecule has 76 valence electrons. The Kier molecular flexibility index (Phi) is 3.17. The summed E-state index contributed by atoms with van der Waals surface area (Å²) in [6, 6.07) is 10.5. The second kappa shape index (κ2) is 4.58. The van der Waals surface area contributed by atoms with E-state index in [1.807, 2.05) is 6.07 Å². The average molecular weight is 191 g/mol. The lowest BCUT2D eigenvalue weighted by atomic mass is 10.1. The zero-order chi connectivity index (χ0) is 9.80. The number of likely N-dealkylation sites (N-methyl/N-ethyl adjacent to an activating group) is 1. The van der Waals surface area contributed by atoms with Crippen LogP contribution in [0.25, 0.3) is 0 Å². The van der Waals surface area contributed by atoms with E-state index >= 15 is 0 Å². The molecule has 0 radical (unpaired) electrons. The Hall–Kier alpha value is -0.860. The normalized spacial score (nSPS) is 23.6. The highest BCUT2D eigenvalue weighted by atomic mass is 16.5. The van der Waals surface area contributed by atoms with Crippen LogP contribution in [0.5, 0.6) is 0 Å². The number of rotatable bonds is 2. The van der Waals surface area contributed by atoms with Crippen molar-refractivity contribution in [3.63, 3.8) is 0 Å². The van der Waals surface area contributed by atoms with Gasteiger partial charge in [0.25, 0.3) is 0 Å². The zero-order valence-electron chi connectivity index (χ0n) is 8.65. The summed E-state index contributed by atoms with van der Waals surface area (Å²) in [7, 11) is 0. The molecule has 0 bridgehead atoms. The smallest absolute Gasteiger partial charge is 0.0952 e. The summed E-state index contributed by atoms with van der Waals surface area (Å²) in [5.74, 6) is 0. The van der Waals surface area contributed by atoms with Crippen molar-refractivity contribution in [1.29, 1.82) is 0 Å². The molecule has 0 aliphatic carbocycles. The molecule has 2 nitrogen and oxygen atoms in total. The first kappa shape index (κ1) is 9.69. The Labute approximate surface area is 85.5 Å². The predicted molar refractivity (Wildman–Crippen MR) is 57.2 cm³/mol. The van der Waals surface area contributed by atoms with Crippen molar-refractivity contribution in [3.8, 4) is 0 Å². The van der Waals surface area contributed by atoms with E-state index in [4.69, 9.17) is 4.74 Å². The van der Waals surface area contributed by atoms with E-state index in [2.05, 4.69) is 36.1 Å². The van der Waals surface area contributed by atoms with Gasteiger partial charge in [-0.05, 0) is 12.1 Å². The zero-order valence-corrected chi connectivity index (χ0v) is 8.65. The third kappa shape index (κ3) is 2.14. The summed E-state index contributed by atoms with van der Waals surface area (Å²) in [6.07, 6.45) is 0.268. The highest BCUT2D eigenvalue weighted by Gasteiger charge is 2.20. The van der Waals surface area contributed by atoms with E-state index in [-0.39, 0.29) is 6.10 Å². The second-order valence-corrected chi connectivity index (χ2v) is 3.66. The van der Waals surface area contributed by atoms with Gasteiger partial charge in [0.1, 0.15) is 0 Å². The van der Waals surface area contributed by atoms with Gasteiger partial charge in [-0.2, -0.15) is 0 Å². The third-order valence-corrected chi connectivity index (χ3v) is 2.77. The second-order valence-electron chi connectivity index (χ2n) is 3.66. The summed E-state index contributed by atoms with van der Waals surface area (Å²) in [6.45, 7) is 6.27. The fourth-order valence-electron chi connectivity index (χ4n) is 1.86. The van der Waals surface area contributed by atoms with E-state index in [0.29, 0.717) is 0 Å². The van der Waals surface area contributed by atoms with Crippen LogP contribution in [0.2, 0.25) is 0 Å². The minimum absolute atomic E-state index is 0.268. The van der Waals surface area contributed by atoms with E-state index in [0.717, 1.165) is 26.2 Å². The first-order valence-electron chi connectivity index (χ1n) is 5.29. The van der Waals surface area contributed by atoms with E-state index < -0.39 is 0 Å². The molecule has 1 atom stereocenters. The van der Waals surface area contributed by atoms with Crippen LogP contribution in [-0.4, -0.2) is 31.1 Å². The van der Waals surface area contributed by atoms with Gasteiger partial charge < -0.3 is 4.74 Å². The standard InChI is InChI=1S/C12H17NO/c1-2-13-8-9-14-12(10-13)11-6-4-3-5-7-11/h3-7,12H,2,8-10H2,1H3/t12-/m1/s1. The molecule has 0 aromatic heterocycles. The molecule has 0 unspecified atom stereocenters. The summed E-state index contributed by atoms with van der Waals surface area (Å²) in [4.78, 5) is 2.43. The molecule has 2 rings (SSSR count). The first-order chi connectivity index (χ1) is 6.90. The van der Waals surface area contributed by atoms with Crippen molar-refractivity contribution >= 4 is 0 Å². The van der Waals surface area contributed by atoms with Crippen LogP contribution in [-0.2, 0) is 4.74 Å². The molecule has 1 aliphatic heterocycles. The van der Waals surface area contributed by atoms with Crippen molar-refractivity contribution in [2.24, 2.45) is 0 Å². The Balaban J connectivity index is 2.04. The molecule has 0 amide bonds. The van der Waals surface area contributed by atoms with Gasteiger partial charge in [0.15, 0.2) is 0 Å². The van der Waals surface area contributed by atoms with Crippen molar-refractivity contribution in [3.05, 3.63) is 35.9 Å².